The van der Waals surface area contributed by atoms with Gasteiger partial charge in [0.1, 0.15) is 11.6 Å². The molecule has 0 aromatic heterocycles. The Bertz CT molecular complexity index is 839. The van der Waals surface area contributed by atoms with Crippen molar-refractivity contribution in [3.05, 3.63) is 47.5 Å². The highest BCUT2D eigenvalue weighted by atomic mass is 16.6. The summed E-state index contributed by atoms with van der Waals surface area (Å²) in [5.74, 6) is -0.230. The monoisotopic (exact) mass is 472 g/mol. The van der Waals surface area contributed by atoms with E-state index in [1.54, 1.807) is 26.8 Å². The van der Waals surface area contributed by atoms with E-state index in [-0.39, 0.29) is 18.4 Å². The van der Waals surface area contributed by atoms with Gasteiger partial charge in [0.05, 0.1) is 0 Å². The van der Waals surface area contributed by atoms with Gasteiger partial charge in [0.2, 0.25) is 11.8 Å². The van der Waals surface area contributed by atoms with E-state index >= 15 is 0 Å². The smallest absolute Gasteiger partial charge is 0.408 e. The van der Waals surface area contributed by atoms with Crippen molar-refractivity contribution < 1.29 is 19.1 Å². The van der Waals surface area contributed by atoms with Crippen LogP contribution in [0.2, 0.25) is 0 Å². The van der Waals surface area contributed by atoms with Crippen LogP contribution < -0.4 is 21.7 Å². The van der Waals surface area contributed by atoms with Crippen LogP contribution in [0.3, 0.4) is 0 Å². The highest BCUT2D eigenvalue weighted by Crippen LogP contribution is 2.25. The number of piperidine rings is 1. The third kappa shape index (κ3) is 10.4. The molecule has 5 N–H and O–H groups in total. The van der Waals surface area contributed by atoms with Crippen molar-refractivity contribution in [2.75, 3.05) is 13.1 Å². The molecule has 188 valence electrons. The molecule has 1 saturated heterocycles. The average molecular weight is 473 g/mol. The van der Waals surface area contributed by atoms with Crippen molar-refractivity contribution >= 4 is 17.9 Å². The molecule has 1 aromatic rings. The molecule has 0 saturated carbocycles. The summed E-state index contributed by atoms with van der Waals surface area (Å²) in [5, 5.41) is 8.83. The molecule has 1 aliphatic rings. The Morgan fingerprint density at radius 2 is 1.79 bits per heavy atom. The molecule has 2 atom stereocenters. The van der Waals surface area contributed by atoms with Crippen LogP contribution in [0.25, 0.3) is 0 Å². The predicted octanol–water partition coefficient (Wildman–Crippen LogP) is 2.92. The molecule has 0 radical (unpaired) electrons. The maximum absolute atomic E-state index is 12.3. The van der Waals surface area contributed by atoms with E-state index in [2.05, 4.69) is 28.1 Å². The van der Waals surface area contributed by atoms with E-state index < -0.39 is 23.6 Å². The molecule has 3 amide bonds. The number of nitrogens with one attached hydrogen (secondary N) is 3. The first kappa shape index (κ1) is 27.4. The normalized spacial score (nSPS) is 16.6. The molecule has 1 aromatic carbocycles. The fourth-order valence-corrected chi connectivity index (χ4v) is 3.86. The number of carbonyl (C=O) groups is 3. The number of hydrogen-bond acceptors (Lipinski definition) is 5. The number of benzene rings is 1. The fraction of sp³-hybridized carbons (Fsp3) is 0.577. The number of amides is 3. The number of alkyl carbamates (subject to hydrolysis) is 1. The van der Waals surface area contributed by atoms with E-state index in [4.69, 9.17) is 10.5 Å². The van der Waals surface area contributed by atoms with Crippen LogP contribution in [0.4, 0.5) is 4.79 Å². The van der Waals surface area contributed by atoms with Gasteiger partial charge in [-0.1, -0.05) is 36.4 Å². The Labute approximate surface area is 203 Å². The minimum Gasteiger partial charge on any atom is -0.444 e. The second-order valence-corrected chi connectivity index (χ2v) is 9.89. The summed E-state index contributed by atoms with van der Waals surface area (Å²) in [4.78, 5) is 36.0. The molecule has 1 heterocycles. The Hall–Kier alpha value is -2.87. The number of hydrogen-bond donors (Lipinski definition) is 4. The van der Waals surface area contributed by atoms with Crippen LogP contribution in [0, 0.1) is 0 Å². The van der Waals surface area contributed by atoms with E-state index in [1.807, 2.05) is 25.1 Å². The van der Waals surface area contributed by atoms with Crippen LogP contribution in [-0.4, -0.2) is 48.7 Å². The SMILES string of the molecule is C[C@@H](/C=C\CCC(=O)NC(Cc1ccc(C2CCNCC2)cc1)C(N)=O)NC(=O)OC(C)(C)C. The van der Waals surface area contributed by atoms with E-state index in [9.17, 15) is 14.4 Å². The Kier molecular flexibility index (Phi) is 10.6. The molecule has 0 aliphatic carbocycles. The summed E-state index contributed by atoms with van der Waals surface area (Å²) in [5.41, 5.74) is 7.25. The minimum absolute atomic E-state index is 0.216. The van der Waals surface area contributed by atoms with Crippen molar-refractivity contribution in [3.63, 3.8) is 0 Å². The first-order valence-electron chi connectivity index (χ1n) is 12.1. The highest BCUT2D eigenvalue weighted by molar-refractivity contribution is 5.86. The topological polar surface area (TPSA) is 123 Å². The van der Waals surface area contributed by atoms with Gasteiger partial charge in [0.25, 0.3) is 0 Å². The van der Waals surface area contributed by atoms with Crippen molar-refractivity contribution in [3.8, 4) is 0 Å². The number of carbonyl (C=O) groups excluding carboxylic acids is 3. The van der Waals surface area contributed by atoms with E-state index in [0.717, 1.165) is 31.5 Å². The molecule has 0 spiro atoms. The van der Waals surface area contributed by atoms with Crippen LogP contribution in [0.1, 0.15) is 70.4 Å². The summed E-state index contributed by atoms with van der Waals surface area (Å²) < 4.78 is 5.21. The van der Waals surface area contributed by atoms with Gasteiger partial charge in [-0.25, -0.2) is 4.79 Å². The maximum atomic E-state index is 12.3. The molecule has 8 heteroatoms. The summed E-state index contributed by atoms with van der Waals surface area (Å²) >= 11 is 0. The molecule has 1 aliphatic heterocycles. The Balaban J connectivity index is 1.77. The lowest BCUT2D eigenvalue weighted by Gasteiger charge is -2.23. The largest absolute Gasteiger partial charge is 0.444 e. The minimum atomic E-state index is -0.756. The van der Waals surface area contributed by atoms with Crippen LogP contribution in [0.15, 0.2) is 36.4 Å². The van der Waals surface area contributed by atoms with Gasteiger partial charge in [-0.05, 0) is 77.1 Å². The zero-order valence-electron chi connectivity index (χ0n) is 20.9. The Morgan fingerprint density at radius 3 is 2.38 bits per heavy atom. The second kappa shape index (κ2) is 13.1. The highest BCUT2D eigenvalue weighted by Gasteiger charge is 2.20. The molecule has 2 rings (SSSR count). The molecule has 1 unspecified atom stereocenters. The van der Waals surface area contributed by atoms with Gasteiger partial charge in [0.15, 0.2) is 0 Å². The summed E-state index contributed by atoms with van der Waals surface area (Å²) in [6.07, 6.45) is 6.44. The van der Waals surface area contributed by atoms with Crippen LogP contribution in [0.5, 0.6) is 0 Å². The predicted molar refractivity (Wildman–Crippen MR) is 133 cm³/mol. The van der Waals surface area contributed by atoms with Crippen LogP contribution >= 0.6 is 0 Å². The summed E-state index contributed by atoms with van der Waals surface area (Å²) in [6, 6.07) is 7.27. The van der Waals surface area contributed by atoms with Crippen molar-refractivity contribution in [1.82, 2.24) is 16.0 Å². The van der Waals surface area contributed by atoms with Gasteiger partial charge in [-0.15, -0.1) is 0 Å². The first-order valence-corrected chi connectivity index (χ1v) is 12.1. The maximum Gasteiger partial charge on any atom is 0.408 e. The first-order chi connectivity index (χ1) is 16.0. The zero-order chi connectivity index (χ0) is 25.1. The summed E-state index contributed by atoms with van der Waals surface area (Å²) in [7, 11) is 0. The second-order valence-electron chi connectivity index (χ2n) is 9.89. The van der Waals surface area contributed by atoms with Gasteiger partial charge in [-0.3, -0.25) is 9.59 Å². The third-order valence-electron chi connectivity index (χ3n) is 5.62. The van der Waals surface area contributed by atoms with E-state index in [0.29, 0.717) is 18.8 Å². The van der Waals surface area contributed by atoms with E-state index in [1.165, 1.54) is 5.56 Å². The lowest BCUT2D eigenvalue weighted by Crippen LogP contribution is -2.45. The molecule has 8 nitrogen and oxygen atoms in total. The number of nitrogens with two attached hydrogens (primary N) is 1. The summed E-state index contributed by atoms with van der Waals surface area (Å²) in [6.45, 7) is 9.30. The van der Waals surface area contributed by atoms with Gasteiger partial charge in [-0.2, -0.15) is 0 Å². The fourth-order valence-electron chi connectivity index (χ4n) is 3.86. The number of allylic oxidation sites excluding steroid dienone is 1. The standard InChI is InChI=1S/C26H40N4O4/c1-18(29-25(33)34-26(2,3)4)7-5-6-8-23(31)30-22(24(27)32)17-19-9-11-20(12-10-19)21-13-15-28-16-14-21/h5,7,9-12,18,21-22,28H,6,8,13-17H2,1-4H3,(H2,27,32)(H,29,33)(H,30,31)/b7-5-/t18-,22?/m0/s1. The third-order valence-corrected chi connectivity index (χ3v) is 5.62. The average Bonchev–Trinajstić information content (AvgIpc) is 2.76. The van der Waals surface area contributed by atoms with Crippen molar-refractivity contribution in [1.29, 1.82) is 0 Å². The van der Waals surface area contributed by atoms with Gasteiger partial charge < -0.3 is 26.4 Å². The number of ether oxygens (including phenoxy) is 1. The number of rotatable bonds is 10. The number of primary amides is 1. The molecular formula is C26H40N4O4. The van der Waals surface area contributed by atoms with Gasteiger partial charge in [0, 0.05) is 18.9 Å². The Morgan fingerprint density at radius 1 is 1.15 bits per heavy atom. The van der Waals surface area contributed by atoms with Gasteiger partial charge >= 0.3 is 6.09 Å². The van der Waals surface area contributed by atoms with Crippen LogP contribution in [-0.2, 0) is 20.7 Å². The molecule has 1 fully saturated rings. The van der Waals surface area contributed by atoms with Crippen molar-refractivity contribution in [2.24, 2.45) is 5.73 Å². The quantitative estimate of drug-likeness (QED) is 0.390. The lowest BCUT2D eigenvalue weighted by atomic mass is 9.89. The molecule has 34 heavy (non-hydrogen) atoms. The zero-order valence-corrected chi connectivity index (χ0v) is 20.9. The lowest BCUT2D eigenvalue weighted by molar-refractivity contribution is -0.127. The molecular weight excluding hydrogens is 432 g/mol. The molecule has 0 bridgehead atoms. The van der Waals surface area contributed by atoms with Crippen molar-refractivity contribution in [2.45, 2.75) is 83.4 Å².